The Morgan fingerprint density at radius 1 is 0.684 bits per heavy atom. The Kier molecular flexibility index (Phi) is 4.63. The van der Waals surface area contributed by atoms with E-state index in [-0.39, 0.29) is 0 Å². The Labute approximate surface area is 126 Å². The van der Waals surface area contributed by atoms with Gasteiger partial charge in [0.1, 0.15) is 0 Å². The first kappa shape index (κ1) is 13.7. The third kappa shape index (κ3) is 3.07. The highest BCUT2D eigenvalue weighted by atomic mass is 79.9. The summed E-state index contributed by atoms with van der Waals surface area (Å²) in [6.45, 7) is 0. The van der Waals surface area contributed by atoms with Crippen molar-refractivity contribution >= 4 is 15.9 Å². The summed E-state index contributed by atoms with van der Waals surface area (Å²) in [5.74, 6) is 1.62. The fourth-order valence-corrected chi connectivity index (χ4v) is 4.94. The molecular weight excluding hydrogens is 296 g/mol. The highest BCUT2D eigenvalue weighted by Crippen LogP contribution is 2.42. The third-order valence-electron chi connectivity index (χ3n) is 5.15. The van der Waals surface area contributed by atoms with Crippen molar-refractivity contribution < 1.29 is 0 Å². The van der Waals surface area contributed by atoms with Gasteiger partial charge in [-0.2, -0.15) is 0 Å². The molecule has 2 aliphatic carbocycles. The summed E-state index contributed by atoms with van der Waals surface area (Å²) in [4.78, 5) is 0. The van der Waals surface area contributed by atoms with Crippen LogP contribution in [-0.4, -0.2) is 0 Å². The highest BCUT2D eigenvalue weighted by Gasteiger charge is 2.23. The molecule has 2 fully saturated rings. The van der Waals surface area contributed by atoms with Gasteiger partial charge >= 0.3 is 0 Å². The van der Waals surface area contributed by atoms with Gasteiger partial charge in [0, 0.05) is 4.47 Å². The normalized spacial score (nSPS) is 22.6. The maximum Gasteiger partial charge on any atom is 0.0244 e. The van der Waals surface area contributed by atoms with Crippen molar-refractivity contribution in [3.05, 3.63) is 33.8 Å². The summed E-state index contributed by atoms with van der Waals surface area (Å²) >= 11 is 3.95. The van der Waals surface area contributed by atoms with Crippen molar-refractivity contribution in [1.29, 1.82) is 0 Å². The van der Waals surface area contributed by atoms with E-state index in [4.69, 9.17) is 0 Å². The van der Waals surface area contributed by atoms with E-state index in [9.17, 15) is 0 Å². The molecule has 3 rings (SSSR count). The molecule has 1 aromatic carbocycles. The van der Waals surface area contributed by atoms with Gasteiger partial charge in [0.05, 0.1) is 0 Å². The lowest BCUT2D eigenvalue weighted by molar-refractivity contribution is 0.433. The van der Waals surface area contributed by atoms with Crippen molar-refractivity contribution in [3.63, 3.8) is 0 Å². The van der Waals surface area contributed by atoms with Crippen LogP contribution in [0.4, 0.5) is 0 Å². The lowest BCUT2D eigenvalue weighted by Gasteiger charge is -2.27. The molecule has 1 heteroatoms. The minimum absolute atomic E-state index is 0.812. The molecule has 0 unspecified atom stereocenters. The fraction of sp³-hybridized carbons (Fsp3) is 0.667. The Hall–Kier alpha value is -0.300. The average Bonchev–Trinajstić information content (AvgIpc) is 2.49. The van der Waals surface area contributed by atoms with E-state index < -0.39 is 0 Å². The smallest absolute Gasteiger partial charge is 0.0244 e. The van der Waals surface area contributed by atoms with Gasteiger partial charge in [0.15, 0.2) is 0 Å². The van der Waals surface area contributed by atoms with Crippen LogP contribution in [0, 0.1) is 0 Å². The van der Waals surface area contributed by atoms with Crippen LogP contribution in [0.25, 0.3) is 0 Å². The van der Waals surface area contributed by atoms with Crippen LogP contribution in [0.15, 0.2) is 22.7 Å². The molecule has 0 aliphatic heterocycles. The molecule has 104 valence electrons. The van der Waals surface area contributed by atoms with Crippen molar-refractivity contribution in [1.82, 2.24) is 0 Å². The highest BCUT2D eigenvalue weighted by molar-refractivity contribution is 9.10. The molecule has 2 saturated carbocycles. The van der Waals surface area contributed by atoms with Crippen LogP contribution >= 0.6 is 15.9 Å². The Bertz CT molecular complexity index is 375. The minimum Gasteiger partial charge on any atom is -0.0616 e. The summed E-state index contributed by atoms with van der Waals surface area (Å²) in [5, 5.41) is 0. The zero-order valence-electron chi connectivity index (χ0n) is 11.8. The first-order chi connectivity index (χ1) is 9.36. The fourth-order valence-electron chi connectivity index (χ4n) is 4.03. The molecule has 2 aliphatic rings. The molecule has 1 aromatic rings. The number of halogens is 1. The summed E-state index contributed by atoms with van der Waals surface area (Å²) in [6, 6.07) is 7.04. The van der Waals surface area contributed by atoms with Crippen molar-refractivity contribution in [3.8, 4) is 0 Å². The topological polar surface area (TPSA) is 0 Å². The molecule has 0 bridgehead atoms. The molecule has 19 heavy (non-hydrogen) atoms. The van der Waals surface area contributed by atoms with Crippen molar-refractivity contribution in [2.24, 2.45) is 0 Å². The standard InChI is InChI=1S/C18H25Br/c19-18-16(14-8-3-1-4-9-14)12-7-13-17(18)15-10-5-2-6-11-15/h7,12-15H,1-6,8-11H2. The lowest BCUT2D eigenvalue weighted by atomic mass is 9.80. The zero-order chi connectivity index (χ0) is 13.1. The zero-order valence-corrected chi connectivity index (χ0v) is 13.4. The van der Waals surface area contributed by atoms with Gasteiger partial charge < -0.3 is 0 Å². The van der Waals surface area contributed by atoms with Crippen LogP contribution < -0.4 is 0 Å². The van der Waals surface area contributed by atoms with Gasteiger partial charge in [-0.1, -0.05) is 72.7 Å². The molecule has 0 N–H and O–H groups in total. The second kappa shape index (κ2) is 6.43. The Morgan fingerprint density at radius 3 is 1.53 bits per heavy atom. The Balaban J connectivity index is 1.84. The molecule has 0 amide bonds. The maximum atomic E-state index is 3.95. The largest absolute Gasteiger partial charge is 0.0616 e. The number of hydrogen-bond donors (Lipinski definition) is 0. The quantitative estimate of drug-likeness (QED) is 0.580. The lowest BCUT2D eigenvalue weighted by Crippen LogP contribution is -2.09. The third-order valence-corrected chi connectivity index (χ3v) is 6.06. The van der Waals surface area contributed by atoms with Crippen LogP contribution in [0.2, 0.25) is 0 Å². The Morgan fingerprint density at radius 2 is 1.11 bits per heavy atom. The molecule has 0 atom stereocenters. The molecule has 0 spiro atoms. The number of hydrogen-bond acceptors (Lipinski definition) is 0. The van der Waals surface area contributed by atoms with E-state index in [1.807, 2.05) is 0 Å². The summed E-state index contributed by atoms with van der Waals surface area (Å²) < 4.78 is 1.45. The van der Waals surface area contributed by atoms with Crippen molar-refractivity contribution in [2.45, 2.75) is 76.0 Å². The second-order valence-electron chi connectivity index (χ2n) is 6.42. The first-order valence-electron chi connectivity index (χ1n) is 8.14. The van der Waals surface area contributed by atoms with Crippen LogP contribution in [-0.2, 0) is 0 Å². The average molecular weight is 321 g/mol. The van der Waals surface area contributed by atoms with Gasteiger partial charge in [-0.25, -0.2) is 0 Å². The molecule has 0 heterocycles. The first-order valence-corrected chi connectivity index (χ1v) is 8.94. The number of rotatable bonds is 2. The van der Waals surface area contributed by atoms with Gasteiger partial charge in [0.2, 0.25) is 0 Å². The maximum absolute atomic E-state index is 3.95. The molecular formula is C18H25Br. The van der Waals surface area contributed by atoms with E-state index in [1.54, 1.807) is 11.1 Å². The summed E-state index contributed by atoms with van der Waals surface area (Å²) in [6.07, 6.45) is 14.1. The van der Waals surface area contributed by atoms with Crippen LogP contribution in [0.3, 0.4) is 0 Å². The van der Waals surface area contributed by atoms with Gasteiger partial charge in [0.25, 0.3) is 0 Å². The summed E-state index contributed by atoms with van der Waals surface area (Å²) in [7, 11) is 0. The van der Waals surface area contributed by atoms with Gasteiger partial charge in [-0.3, -0.25) is 0 Å². The van der Waals surface area contributed by atoms with E-state index in [1.165, 1.54) is 68.7 Å². The van der Waals surface area contributed by atoms with Gasteiger partial charge in [-0.15, -0.1) is 0 Å². The predicted octanol–water partition coefficient (Wildman–Crippen LogP) is 6.54. The molecule has 0 radical (unpaired) electrons. The number of benzene rings is 1. The van der Waals surface area contributed by atoms with E-state index >= 15 is 0 Å². The molecule has 0 nitrogen and oxygen atoms in total. The van der Waals surface area contributed by atoms with Crippen LogP contribution in [0.5, 0.6) is 0 Å². The van der Waals surface area contributed by atoms with Crippen molar-refractivity contribution in [2.75, 3.05) is 0 Å². The second-order valence-corrected chi connectivity index (χ2v) is 7.21. The van der Waals surface area contributed by atoms with E-state index in [0.717, 1.165) is 11.8 Å². The molecule has 0 aromatic heterocycles. The monoisotopic (exact) mass is 320 g/mol. The summed E-state index contributed by atoms with van der Waals surface area (Å²) in [5.41, 5.74) is 3.20. The predicted molar refractivity (Wildman–Crippen MR) is 85.8 cm³/mol. The SMILES string of the molecule is Brc1c(C2CCCCC2)cccc1C1CCCCC1. The van der Waals surface area contributed by atoms with Gasteiger partial charge in [-0.05, 0) is 48.6 Å². The molecule has 0 saturated heterocycles. The minimum atomic E-state index is 0.812. The van der Waals surface area contributed by atoms with E-state index in [2.05, 4.69) is 34.1 Å². The van der Waals surface area contributed by atoms with Crippen LogP contribution in [0.1, 0.15) is 87.2 Å². The van der Waals surface area contributed by atoms with E-state index in [0.29, 0.717) is 0 Å².